The monoisotopic (exact) mass is 321 g/mol. The SMILES string of the molecule is CNC(=O)C1CCCN(c2cc(Br)ccc2C#N)C1. The van der Waals surface area contributed by atoms with Crippen LogP contribution in [-0.4, -0.2) is 26.0 Å². The Balaban J connectivity index is 2.24. The van der Waals surface area contributed by atoms with Crippen LogP contribution in [0.4, 0.5) is 5.69 Å². The maximum absolute atomic E-state index is 11.8. The van der Waals surface area contributed by atoms with Crippen LogP contribution in [-0.2, 0) is 4.79 Å². The molecule has 19 heavy (non-hydrogen) atoms. The first-order chi connectivity index (χ1) is 9.15. The number of nitriles is 1. The largest absolute Gasteiger partial charge is 0.370 e. The fourth-order valence-electron chi connectivity index (χ4n) is 2.48. The molecule has 1 fully saturated rings. The third kappa shape index (κ3) is 3.07. The van der Waals surface area contributed by atoms with E-state index in [4.69, 9.17) is 0 Å². The number of amides is 1. The van der Waals surface area contributed by atoms with E-state index in [1.54, 1.807) is 7.05 Å². The fourth-order valence-corrected chi connectivity index (χ4v) is 2.82. The highest BCUT2D eigenvalue weighted by Crippen LogP contribution is 2.29. The molecule has 1 N–H and O–H groups in total. The number of anilines is 1. The maximum Gasteiger partial charge on any atom is 0.224 e. The molecule has 1 heterocycles. The summed E-state index contributed by atoms with van der Waals surface area (Å²) in [6.07, 6.45) is 1.88. The van der Waals surface area contributed by atoms with Gasteiger partial charge in [0.2, 0.25) is 5.91 Å². The van der Waals surface area contributed by atoms with E-state index >= 15 is 0 Å². The quantitative estimate of drug-likeness (QED) is 0.909. The van der Waals surface area contributed by atoms with E-state index in [-0.39, 0.29) is 11.8 Å². The fraction of sp³-hybridized carbons (Fsp3) is 0.429. The summed E-state index contributed by atoms with van der Waals surface area (Å²) in [4.78, 5) is 13.9. The van der Waals surface area contributed by atoms with Crippen molar-refractivity contribution in [3.05, 3.63) is 28.2 Å². The zero-order valence-corrected chi connectivity index (χ0v) is 12.4. The van der Waals surface area contributed by atoms with Gasteiger partial charge in [-0.1, -0.05) is 15.9 Å². The van der Waals surface area contributed by atoms with Crippen molar-refractivity contribution >= 4 is 27.5 Å². The number of piperidine rings is 1. The predicted molar refractivity (Wildman–Crippen MR) is 77.9 cm³/mol. The Kier molecular flexibility index (Phi) is 4.43. The van der Waals surface area contributed by atoms with Gasteiger partial charge in [-0.25, -0.2) is 0 Å². The summed E-state index contributed by atoms with van der Waals surface area (Å²) in [6.45, 7) is 1.56. The number of benzene rings is 1. The van der Waals surface area contributed by atoms with Crippen LogP contribution in [0.3, 0.4) is 0 Å². The van der Waals surface area contributed by atoms with Gasteiger partial charge in [0.1, 0.15) is 6.07 Å². The molecule has 100 valence electrons. The first-order valence-electron chi connectivity index (χ1n) is 6.32. The molecule has 2 rings (SSSR count). The summed E-state index contributed by atoms with van der Waals surface area (Å²) in [5.74, 6) is 0.0856. The van der Waals surface area contributed by atoms with Crippen molar-refractivity contribution in [3.63, 3.8) is 0 Å². The number of nitrogens with zero attached hydrogens (tertiary/aromatic N) is 2. The van der Waals surface area contributed by atoms with Crippen molar-refractivity contribution < 1.29 is 4.79 Å². The Morgan fingerprint density at radius 1 is 1.58 bits per heavy atom. The molecule has 1 unspecified atom stereocenters. The summed E-state index contributed by atoms with van der Waals surface area (Å²) in [6, 6.07) is 7.84. The summed E-state index contributed by atoms with van der Waals surface area (Å²) in [7, 11) is 1.67. The van der Waals surface area contributed by atoms with Gasteiger partial charge in [0.25, 0.3) is 0 Å². The van der Waals surface area contributed by atoms with Crippen molar-refractivity contribution in [3.8, 4) is 6.07 Å². The minimum atomic E-state index is 0.00396. The van der Waals surface area contributed by atoms with Gasteiger partial charge in [-0.05, 0) is 31.0 Å². The maximum atomic E-state index is 11.8. The van der Waals surface area contributed by atoms with Crippen LogP contribution >= 0.6 is 15.9 Å². The minimum Gasteiger partial charge on any atom is -0.370 e. The van der Waals surface area contributed by atoms with E-state index in [0.29, 0.717) is 12.1 Å². The Morgan fingerprint density at radius 3 is 3.05 bits per heavy atom. The van der Waals surface area contributed by atoms with Crippen LogP contribution in [0.2, 0.25) is 0 Å². The standard InChI is InChI=1S/C14H16BrN3O/c1-17-14(19)11-3-2-6-18(9-11)13-7-12(15)5-4-10(13)8-16/h4-5,7,11H,2-3,6,9H2,1H3,(H,17,19). The number of hydrogen-bond acceptors (Lipinski definition) is 3. The van der Waals surface area contributed by atoms with Gasteiger partial charge in [-0.15, -0.1) is 0 Å². The highest BCUT2D eigenvalue weighted by molar-refractivity contribution is 9.10. The van der Waals surface area contributed by atoms with E-state index in [2.05, 4.69) is 32.2 Å². The number of carbonyl (C=O) groups excluding carboxylic acids is 1. The highest BCUT2D eigenvalue weighted by atomic mass is 79.9. The van der Waals surface area contributed by atoms with Crippen molar-refractivity contribution in [1.82, 2.24) is 5.32 Å². The molecule has 0 aromatic heterocycles. The van der Waals surface area contributed by atoms with Gasteiger partial charge < -0.3 is 10.2 Å². The first-order valence-corrected chi connectivity index (χ1v) is 7.11. The summed E-state index contributed by atoms with van der Waals surface area (Å²) >= 11 is 3.43. The average Bonchev–Trinajstić information content (AvgIpc) is 2.46. The van der Waals surface area contributed by atoms with Crippen molar-refractivity contribution in [1.29, 1.82) is 5.26 Å². The third-order valence-electron chi connectivity index (χ3n) is 3.46. The molecule has 4 nitrogen and oxygen atoms in total. The molecule has 1 saturated heterocycles. The molecule has 5 heteroatoms. The van der Waals surface area contributed by atoms with E-state index in [9.17, 15) is 10.1 Å². The predicted octanol–water partition coefficient (Wildman–Crippen LogP) is 2.28. The van der Waals surface area contributed by atoms with Crippen LogP contribution in [0, 0.1) is 17.2 Å². The lowest BCUT2D eigenvalue weighted by molar-refractivity contribution is -0.124. The molecule has 0 radical (unpaired) electrons. The van der Waals surface area contributed by atoms with Gasteiger partial charge in [0, 0.05) is 24.6 Å². The average molecular weight is 322 g/mol. The normalized spacial score (nSPS) is 18.8. The van der Waals surface area contributed by atoms with Gasteiger partial charge in [0.15, 0.2) is 0 Å². The van der Waals surface area contributed by atoms with Crippen molar-refractivity contribution in [2.75, 3.05) is 25.0 Å². The molecule has 0 saturated carbocycles. The van der Waals surface area contributed by atoms with E-state index in [0.717, 1.165) is 29.5 Å². The van der Waals surface area contributed by atoms with Crippen LogP contribution in [0.15, 0.2) is 22.7 Å². The molecule has 1 atom stereocenters. The first kappa shape index (κ1) is 13.9. The molecule has 1 aliphatic heterocycles. The summed E-state index contributed by atoms with van der Waals surface area (Å²) in [5.41, 5.74) is 1.56. The molecular formula is C14H16BrN3O. The summed E-state index contributed by atoms with van der Waals surface area (Å²) in [5, 5.41) is 11.9. The lowest BCUT2D eigenvalue weighted by atomic mass is 9.96. The Hall–Kier alpha value is -1.54. The van der Waals surface area contributed by atoms with Crippen molar-refractivity contribution in [2.24, 2.45) is 5.92 Å². The second-order valence-corrected chi connectivity index (χ2v) is 5.59. The smallest absolute Gasteiger partial charge is 0.224 e. The van der Waals surface area contributed by atoms with Gasteiger partial charge in [-0.3, -0.25) is 4.79 Å². The molecule has 0 bridgehead atoms. The van der Waals surface area contributed by atoms with Crippen LogP contribution in [0.25, 0.3) is 0 Å². The van der Waals surface area contributed by atoms with E-state index in [1.165, 1.54) is 0 Å². The number of nitrogens with one attached hydrogen (secondary N) is 1. The van der Waals surface area contributed by atoms with E-state index < -0.39 is 0 Å². The topological polar surface area (TPSA) is 56.1 Å². The van der Waals surface area contributed by atoms with Crippen LogP contribution in [0.5, 0.6) is 0 Å². The van der Waals surface area contributed by atoms with Crippen LogP contribution < -0.4 is 10.2 Å². The van der Waals surface area contributed by atoms with Gasteiger partial charge in [0.05, 0.1) is 17.2 Å². The van der Waals surface area contributed by atoms with E-state index in [1.807, 2.05) is 18.2 Å². The number of halogens is 1. The summed E-state index contributed by atoms with van der Waals surface area (Å²) < 4.78 is 0.948. The third-order valence-corrected chi connectivity index (χ3v) is 3.95. The Bertz CT molecular complexity index is 524. The molecule has 0 aliphatic carbocycles. The second-order valence-electron chi connectivity index (χ2n) is 4.67. The highest BCUT2D eigenvalue weighted by Gasteiger charge is 2.26. The number of hydrogen-bond donors (Lipinski definition) is 1. The molecule has 1 amide bonds. The van der Waals surface area contributed by atoms with Crippen molar-refractivity contribution in [2.45, 2.75) is 12.8 Å². The molecule has 0 spiro atoms. The lowest BCUT2D eigenvalue weighted by Crippen LogP contribution is -2.42. The zero-order valence-electron chi connectivity index (χ0n) is 10.8. The number of carbonyl (C=O) groups is 1. The second kappa shape index (κ2) is 6.07. The zero-order chi connectivity index (χ0) is 13.8. The van der Waals surface area contributed by atoms with Gasteiger partial charge in [-0.2, -0.15) is 5.26 Å². The van der Waals surface area contributed by atoms with Crippen LogP contribution in [0.1, 0.15) is 18.4 Å². The molecule has 1 aromatic rings. The number of rotatable bonds is 2. The minimum absolute atomic E-state index is 0.00396. The molecule has 1 aliphatic rings. The molecule has 1 aromatic carbocycles. The Morgan fingerprint density at radius 2 is 2.37 bits per heavy atom. The Labute approximate surface area is 121 Å². The lowest BCUT2D eigenvalue weighted by Gasteiger charge is -2.34. The van der Waals surface area contributed by atoms with Gasteiger partial charge >= 0.3 is 0 Å². The molecular weight excluding hydrogens is 306 g/mol.